The monoisotopic (exact) mass is 513 g/mol. The number of nitrogens with zero attached hydrogens (tertiary/aromatic N) is 4. The molecule has 3 aromatic carbocycles. The van der Waals surface area contributed by atoms with Gasteiger partial charge in [-0.15, -0.1) is 5.10 Å². The Morgan fingerprint density at radius 2 is 1.83 bits per heavy atom. The number of nitrogens with one attached hydrogen (secondary N) is 1. The molecule has 4 rings (SSSR count). The molecule has 11 heteroatoms. The van der Waals surface area contributed by atoms with E-state index in [1.165, 1.54) is 11.0 Å². The minimum atomic E-state index is -0.609. The molecule has 0 spiro atoms. The Hall–Kier alpha value is -3.82. The van der Waals surface area contributed by atoms with Crippen LogP contribution in [0.5, 0.6) is 17.2 Å². The number of carbonyl (C=O) groups excluding carboxylic acids is 1. The third-order valence-corrected chi connectivity index (χ3v) is 5.65. The minimum absolute atomic E-state index is 0.285. The third-order valence-electron chi connectivity index (χ3n) is 5.09. The van der Waals surface area contributed by atoms with E-state index in [1.807, 2.05) is 24.3 Å². The molecule has 0 fully saturated rings. The van der Waals surface area contributed by atoms with Crippen LogP contribution in [0.3, 0.4) is 0 Å². The number of methoxy groups -OCH3 is 2. The van der Waals surface area contributed by atoms with Gasteiger partial charge in [0.2, 0.25) is 0 Å². The molecule has 0 saturated heterocycles. The summed E-state index contributed by atoms with van der Waals surface area (Å²) in [6, 6.07) is 15.9. The molecule has 0 bridgehead atoms. The molecule has 0 aliphatic carbocycles. The summed E-state index contributed by atoms with van der Waals surface area (Å²) < 4.78 is 17.6. The van der Waals surface area contributed by atoms with Gasteiger partial charge in [0.05, 0.1) is 19.9 Å². The molecule has 0 atom stereocenters. The standard InChI is InChI=1S/C24H21Cl2N5O4/c1-33-22-6-3-15(9-23(22)34-2)7-8-27-24(32)35-19-11-16(20-12-17(25)4-5-21(20)26)10-18(13-19)31-14-28-29-30-31/h3-6,9-14H,7-8H2,1-2H3,(H,27,32). The lowest BCUT2D eigenvalue weighted by Crippen LogP contribution is -2.28. The molecule has 0 radical (unpaired) electrons. The van der Waals surface area contributed by atoms with Crippen LogP contribution in [0.15, 0.2) is 60.9 Å². The van der Waals surface area contributed by atoms with Gasteiger partial charge in [-0.3, -0.25) is 0 Å². The summed E-state index contributed by atoms with van der Waals surface area (Å²) in [6.45, 7) is 0.355. The average Bonchev–Trinajstić information content (AvgIpc) is 3.40. The molecule has 9 nitrogen and oxygen atoms in total. The zero-order valence-electron chi connectivity index (χ0n) is 18.9. The number of carbonyl (C=O) groups is 1. The van der Waals surface area contributed by atoms with Crippen molar-refractivity contribution >= 4 is 29.3 Å². The van der Waals surface area contributed by atoms with E-state index in [-0.39, 0.29) is 5.75 Å². The smallest absolute Gasteiger partial charge is 0.412 e. The number of hydrogen-bond acceptors (Lipinski definition) is 7. The quantitative estimate of drug-likeness (QED) is 0.354. The largest absolute Gasteiger partial charge is 0.493 e. The fraction of sp³-hybridized carbons (Fsp3) is 0.167. The summed E-state index contributed by atoms with van der Waals surface area (Å²) >= 11 is 12.6. The molecule has 1 N–H and O–H groups in total. The molecule has 0 unspecified atom stereocenters. The van der Waals surface area contributed by atoms with Crippen LogP contribution in [-0.2, 0) is 6.42 Å². The van der Waals surface area contributed by atoms with Gasteiger partial charge >= 0.3 is 6.09 Å². The van der Waals surface area contributed by atoms with Crippen LogP contribution in [0, 0.1) is 0 Å². The number of hydrogen-bond donors (Lipinski definition) is 1. The second-order valence-electron chi connectivity index (χ2n) is 7.35. The molecule has 35 heavy (non-hydrogen) atoms. The van der Waals surface area contributed by atoms with E-state index >= 15 is 0 Å². The van der Waals surface area contributed by atoms with Crippen molar-refractivity contribution in [2.24, 2.45) is 0 Å². The van der Waals surface area contributed by atoms with Crippen molar-refractivity contribution in [3.05, 3.63) is 76.5 Å². The number of aromatic nitrogens is 4. The Balaban J connectivity index is 1.49. The summed E-state index contributed by atoms with van der Waals surface area (Å²) in [5.41, 5.74) is 2.91. The van der Waals surface area contributed by atoms with Crippen molar-refractivity contribution in [1.82, 2.24) is 25.5 Å². The first-order valence-electron chi connectivity index (χ1n) is 10.5. The maximum atomic E-state index is 12.5. The molecule has 180 valence electrons. The third kappa shape index (κ3) is 6.00. The molecule has 0 aliphatic rings. The van der Waals surface area contributed by atoms with Crippen molar-refractivity contribution in [3.8, 4) is 34.1 Å². The topological polar surface area (TPSA) is 100 Å². The SMILES string of the molecule is COc1ccc(CCNC(=O)Oc2cc(-c3cc(Cl)ccc3Cl)cc(-n3cnnn3)c2)cc1OC. The van der Waals surface area contributed by atoms with Gasteiger partial charge < -0.3 is 19.5 Å². The summed E-state index contributed by atoms with van der Waals surface area (Å²) in [5, 5.41) is 15.0. The fourth-order valence-electron chi connectivity index (χ4n) is 3.42. The highest BCUT2D eigenvalue weighted by molar-refractivity contribution is 6.35. The minimum Gasteiger partial charge on any atom is -0.493 e. The molecular weight excluding hydrogens is 493 g/mol. The Labute approximate surface area is 211 Å². The lowest BCUT2D eigenvalue weighted by molar-refractivity contribution is 0.200. The lowest BCUT2D eigenvalue weighted by Gasteiger charge is -2.12. The van der Waals surface area contributed by atoms with E-state index < -0.39 is 6.09 Å². The Morgan fingerprint density at radius 1 is 1.00 bits per heavy atom. The van der Waals surface area contributed by atoms with Gasteiger partial charge in [-0.1, -0.05) is 29.3 Å². The maximum Gasteiger partial charge on any atom is 0.412 e. The number of rotatable bonds is 8. The molecule has 4 aromatic rings. The van der Waals surface area contributed by atoms with Crippen molar-refractivity contribution in [1.29, 1.82) is 0 Å². The summed E-state index contributed by atoms with van der Waals surface area (Å²) in [7, 11) is 3.15. The van der Waals surface area contributed by atoms with Crippen LogP contribution < -0.4 is 19.5 Å². The van der Waals surface area contributed by atoms with Crippen molar-refractivity contribution in [2.75, 3.05) is 20.8 Å². The Kier molecular flexibility index (Phi) is 7.69. The summed E-state index contributed by atoms with van der Waals surface area (Å²) in [6.07, 6.45) is 1.40. The van der Waals surface area contributed by atoms with Crippen LogP contribution in [0.25, 0.3) is 16.8 Å². The molecule has 0 aliphatic heterocycles. The van der Waals surface area contributed by atoms with Gasteiger partial charge in [-0.2, -0.15) is 0 Å². The van der Waals surface area contributed by atoms with Crippen molar-refractivity contribution in [2.45, 2.75) is 6.42 Å². The molecule has 1 amide bonds. The van der Waals surface area contributed by atoms with Crippen LogP contribution in [-0.4, -0.2) is 47.1 Å². The highest BCUT2D eigenvalue weighted by atomic mass is 35.5. The normalized spacial score (nSPS) is 10.6. The van der Waals surface area contributed by atoms with Gasteiger partial charge in [0.25, 0.3) is 0 Å². The van der Waals surface area contributed by atoms with E-state index in [0.29, 0.717) is 51.3 Å². The van der Waals surface area contributed by atoms with Crippen LogP contribution in [0.2, 0.25) is 10.0 Å². The van der Waals surface area contributed by atoms with E-state index in [4.69, 9.17) is 37.4 Å². The average molecular weight is 514 g/mol. The zero-order chi connectivity index (χ0) is 24.8. The summed E-state index contributed by atoms with van der Waals surface area (Å²) in [4.78, 5) is 12.5. The lowest BCUT2D eigenvalue weighted by atomic mass is 10.0. The number of amides is 1. The van der Waals surface area contributed by atoms with E-state index in [2.05, 4.69) is 20.8 Å². The number of tetrazole rings is 1. The van der Waals surface area contributed by atoms with Crippen molar-refractivity contribution in [3.63, 3.8) is 0 Å². The predicted octanol–water partition coefficient (Wildman–Crippen LogP) is 4.98. The van der Waals surface area contributed by atoms with E-state index in [9.17, 15) is 4.79 Å². The van der Waals surface area contributed by atoms with Crippen molar-refractivity contribution < 1.29 is 19.0 Å². The highest BCUT2D eigenvalue weighted by Crippen LogP contribution is 2.34. The van der Waals surface area contributed by atoms with Gasteiger partial charge in [0, 0.05) is 28.2 Å². The predicted molar refractivity (Wildman–Crippen MR) is 132 cm³/mol. The number of benzene rings is 3. The van der Waals surface area contributed by atoms with E-state index in [1.54, 1.807) is 44.6 Å². The first kappa shape index (κ1) is 24.3. The van der Waals surface area contributed by atoms with Gasteiger partial charge in [-0.25, -0.2) is 9.48 Å². The van der Waals surface area contributed by atoms with Crippen LogP contribution >= 0.6 is 23.2 Å². The Bertz CT molecular complexity index is 1330. The van der Waals surface area contributed by atoms with Gasteiger partial charge in [0.1, 0.15) is 12.1 Å². The number of halogens is 2. The second-order valence-corrected chi connectivity index (χ2v) is 8.19. The first-order chi connectivity index (χ1) is 17.0. The highest BCUT2D eigenvalue weighted by Gasteiger charge is 2.13. The van der Waals surface area contributed by atoms with Crippen LogP contribution in [0.4, 0.5) is 4.79 Å². The van der Waals surface area contributed by atoms with E-state index in [0.717, 1.165) is 5.56 Å². The molecular formula is C24H21Cl2N5O4. The number of ether oxygens (including phenoxy) is 3. The Morgan fingerprint density at radius 3 is 2.57 bits per heavy atom. The second kappa shape index (κ2) is 11.1. The summed E-state index contributed by atoms with van der Waals surface area (Å²) in [5.74, 6) is 1.55. The van der Waals surface area contributed by atoms with Crippen LogP contribution in [0.1, 0.15) is 5.56 Å². The maximum absolute atomic E-state index is 12.5. The molecule has 1 aromatic heterocycles. The first-order valence-corrected chi connectivity index (χ1v) is 11.2. The zero-order valence-corrected chi connectivity index (χ0v) is 20.4. The fourth-order valence-corrected chi connectivity index (χ4v) is 3.82. The van der Waals surface area contributed by atoms with Gasteiger partial charge in [0.15, 0.2) is 11.5 Å². The van der Waals surface area contributed by atoms with Gasteiger partial charge in [-0.05, 0) is 70.4 Å². The molecule has 0 saturated carbocycles. The molecule has 1 heterocycles.